The van der Waals surface area contributed by atoms with Crippen LogP contribution in [0.25, 0.3) is 0 Å². The number of para-hydroxylation sites is 1. The first-order valence-electron chi connectivity index (χ1n) is 9.62. The molecule has 0 unspecified atom stereocenters. The topological polar surface area (TPSA) is 68.3 Å². The number of anilines is 1. The second-order valence-electron chi connectivity index (χ2n) is 6.75. The monoisotopic (exact) mass is 398 g/mol. The summed E-state index contributed by atoms with van der Waals surface area (Å²) < 4.78 is 15.8. The highest BCUT2D eigenvalue weighted by atomic mass is 16.6. The van der Waals surface area contributed by atoms with Gasteiger partial charge in [-0.3, -0.25) is 4.79 Å². The largest absolute Gasteiger partial charge is 0.497 e. The van der Waals surface area contributed by atoms with E-state index in [1.165, 1.54) is 0 Å². The van der Waals surface area contributed by atoms with Gasteiger partial charge in [0.2, 0.25) is 0 Å². The van der Waals surface area contributed by atoms with Gasteiger partial charge in [0.05, 0.1) is 7.11 Å². The van der Waals surface area contributed by atoms with Gasteiger partial charge in [-0.15, -0.1) is 0 Å². The van der Waals surface area contributed by atoms with Gasteiger partial charge in [-0.25, -0.2) is 4.79 Å². The molecular formula is C22H26N2O5. The summed E-state index contributed by atoms with van der Waals surface area (Å²) in [5.74, 6) is 0.645. The van der Waals surface area contributed by atoms with E-state index in [1.807, 2.05) is 42.5 Å². The zero-order chi connectivity index (χ0) is 20.6. The molecule has 0 N–H and O–H groups in total. The van der Waals surface area contributed by atoms with E-state index >= 15 is 0 Å². The van der Waals surface area contributed by atoms with E-state index in [0.29, 0.717) is 18.8 Å². The van der Waals surface area contributed by atoms with Gasteiger partial charge in [-0.05, 0) is 43.3 Å². The molecule has 0 bridgehead atoms. The van der Waals surface area contributed by atoms with Crippen LogP contribution < -0.4 is 14.4 Å². The van der Waals surface area contributed by atoms with Gasteiger partial charge < -0.3 is 24.0 Å². The predicted octanol–water partition coefficient (Wildman–Crippen LogP) is 2.35. The Morgan fingerprint density at radius 3 is 2.21 bits per heavy atom. The van der Waals surface area contributed by atoms with Crippen LogP contribution in [0.1, 0.15) is 6.92 Å². The fourth-order valence-corrected chi connectivity index (χ4v) is 3.10. The molecular weight excluding hydrogens is 372 g/mol. The van der Waals surface area contributed by atoms with Crippen molar-refractivity contribution in [3.8, 4) is 11.5 Å². The van der Waals surface area contributed by atoms with E-state index in [2.05, 4.69) is 4.90 Å². The minimum atomic E-state index is -0.780. The molecule has 3 rings (SSSR count). The molecule has 7 heteroatoms. The van der Waals surface area contributed by atoms with Crippen molar-refractivity contribution in [2.45, 2.75) is 13.0 Å². The number of nitrogens with zero attached hydrogens (tertiary/aromatic N) is 2. The molecule has 1 fully saturated rings. The summed E-state index contributed by atoms with van der Waals surface area (Å²) in [7, 11) is 1.64. The molecule has 2 aromatic carbocycles. The molecule has 0 saturated carbocycles. The lowest BCUT2D eigenvalue weighted by Crippen LogP contribution is -2.50. The van der Waals surface area contributed by atoms with Crippen LogP contribution in [-0.2, 0) is 14.3 Å². The van der Waals surface area contributed by atoms with Crippen molar-refractivity contribution in [1.82, 2.24) is 4.90 Å². The van der Waals surface area contributed by atoms with Crippen molar-refractivity contribution < 1.29 is 23.8 Å². The zero-order valence-corrected chi connectivity index (χ0v) is 16.7. The molecule has 29 heavy (non-hydrogen) atoms. The second-order valence-corrected chi connectivity index (χ2v) is 6.75. The normalized spacial score (nSPS) is 14.8. The number of rotatable bonds is 7. The molecule has 154 valence electrons. The maximum Gasteiger partial charge on any atom is 0.347 e. The quantitative estimate of drug-likeness (QED) is 0.667. The number of hydrogen-bond acceptors (Lipinski definition) is 6. The van der Waals surface area contributed by atoms with Crippen molar-refractivity contribution in [2.75, 3.05) is 44.8 Å². The van der Waals surface area contributed by atoms with Crippen LogP contribution in [0.4, 0.5) is 5.69 Å². The predicted molar refractivity (Wildman–Crippen MR) is 109 cm³/mol. The zero-order valence-electron chi connectivity index (χ0n) is 16.7. The molecule has 0 spiro atoms. The van der Waals surface area contributed by atoms with E-state index in [0.717, 1.165) is 24.5 Å². The SMILES string of the molecule is COc1ccc(N2CCN(C(=O)COC(=O)[C@@H](C)Oc3ccccc3)CC2)cc1. The van der Waals surface area contributed by atoms with Gasteiger partial charge in [-0.1, -0.05) is 18.2 Å². The Bertz CT molecular complexity index is 802. The van der Waals surface area contributed by atoms with Gasteiger partial charge in [0.25, 0.3) is 5.91 Å². The van der Waals surface area contributed by atoms with Crippen molar-refractivity contribution >= 4 is 17.6 Å². The van der Waals surface area contributed by atoms with E-state index in [9.17, 15) is 9.59 Å². The van der Waals surface area contributed by atoms with Crippen LogP contribution >= 0.6 is 0 Å². The van der Waals surface area contributed by atoms with E-state index in [4.69, 9.17) is 14.2 Å². The summed E-state index contributed by atoms with van der Waals surface area (Å²) >= 11 is 0. The third-order valence-corrected chi connectivity index (χ3v) is 4.80. The van der Waals surface area contributed by atoms with Crippen LogP contribution in [0.2, 0.25) is 0 Å². The fraction of sp³-hybridized carbons (Fsp3) is 0.364. The van der Waals surface area contributed by atoms with Crippen molar-refractivity contribution in [2.24, 2.45) is 0 Å². The Balaban J connectivity index is 1.41. The van der Waals surface area contributed by atoms with E-state index in [1.54, 1.807) is 31.1 Å². The Hall–Kier alpha value is -3.22. The number of carbonyl (C=O) groups excluding carboxylic acids is 2. The van der Waals surface area contributed by atoms with Crippen LogP contribution in [0.15, 0.2) is 54.6 Å². The molecule has 2 aromatic rings. The van der Waals surface area contributed by atoms with Gasteiger partial charge >= 0.3 is 5.97 Å². The number of ether oxygens (including phenoxy) is 3. The minimum Gasteiger partial charge on any atom is -0.497 e. The lowest BCUT2D eigenvalue weighted by molar-refractivity contribution is -0.157. The lowest BCUT2D eigenvalue weighted by Gasteiger charge is -2.36. The van der Waals surface area contributed by atoms with Crippen molar-refractivity contribution in [3.63, 3.8) is 0 Å². The number of amides is 1. The molecule has 1 amide bonds. The first kappa shape index (κ1) is 20.5. The molecule has 1 heterocycles. The number of carbonyl (C=O) groups is 2. The second kappa shape index (κ2) is 9.82. The summed E-state index contributed by atoms with van der Waals surface area (Å²) in [6, 6.07) is 16.9. The Morgan fingerprint density at radius 1 is 0.931 bits per heavy atom. The highest BCUT2D eigenvalue weighted by Gasteiger charge is 2.24. The Kier molecular flexibility index (Phi) is 6.94. The molecule has 7 nitrogen and oxygen atoms in total. The Morgan fingerprint density at radius 2 is 1.59 bits per heavy atom. The van der Waals surface area contributed by atoms with Crippen LogP contribution in [-0.4, -0.2) is 62.8 Å². The van der Waals surface area contributed by atoms with E-state index < -0.39 is 12.1 Å². The van der Waals surface area contributed by atoms with Gasteiger partial charge in [0.15, 0.2) is 12.7 Å². The maximum atomic E-state index is 12.4. The van der Waals surface area contributed by atoms with Crippen molar-refractivity contribution in [3.05, 3.63) is 54.6 Å². The average Bonchev–Trinajstić information content (AvgIpc) is 2.78. The number of piperazine rings is 1. The first-order chi connectivity index (χ1) is 14.1. The highest BCUT2D eigenvalue weighted by molar-refractivity contribution is 5.82. The Labute approximate surface area is 170 Å². The van der Waals surface area contributed by atoms with Crippen LogP contribution in [0, 0.1) is 0 Å². The summed E-state index contributed by atoms with van der Waals surface area (Å²) in [4.78, 5) is 28.4. The van der Waals surface area contributed by atoms with Gasteiger partial charge in [0.1, 0.15) is 11.5 Å². The molecule has 1 saturated heterocycles. The number of benzene rings is 2. The fourth-order valence-electron chi connectivity index (χ4n) is 3.10. The maximum absolute atomic E-state index is 12.4. The summed E-state index contributed by atoms with van der Waals surface area (Å²) in [5, 5.41) is 0. The minimum absolute atomic E-state index is 0.195. The molecule has 0 radical (unpaired) electrons. The molecule has 1 atom stereocenters. The van der Waals surface area contributed by atoms with Crippen molar-refractivity contribution in [1.29, 1.82) is 0 Å². The number of hydrogen-bond donors (Lipinski definition) is 0. The van der Waals surface area contributed by atoms with Gasteiger partial charge in [0, 0.05) is 31.9 Å². The summed E-state index contributed by atoms with van der Waals surface area (Å²) in [5.41, 5.74) is 1.09. The summed E-state index contributed by atoms with van der Waals surface area (Å²) in [6.45, 7) is 3.94. The third-order valence-electron chi connectivity index (χ3n) is 4.80. The standard InChI is InChI=1S/C22H26N2O5/c1-17(29-20-6-4-3-5-7-20)22(26)28-16-21(25)24-14-12-23(13-15-24)18-8-10-19(27-2)11-9-18/h3-11,17H,12-16H2,1-2H3/t17-/m1/s1. The average molecular weight is 398 g/mol. The molecule has 0 aliphatic carbocycles. The highest BCUT2D eigenvalue weighted by Crippen LogP contribution is 2.20. The third kappa shape index (κ3) is 5.63. The number of esters is 1. The van der Waals surface area contributed by atoms with Crippen LogP contribution in [0.5, 0.6) is 11.5 Å². The number of methoxy groups -OCH3 is 1. The molecule has 0 aromatic heterocycles. The van der Waals surface area contributed by atoms with Crippen LogP contribution in [0.3, 0.4) is 0 Å². The molecule has 1 aliphatic rings. The molecule has 1 aliphatic heterocycles. The first-order valence-corrected chi connectivity index (χ1v) is 9.62. The van der Waals surface area contributed by atoms with Gasteiger partial charge in [-0.2, -0.15) is 0 Å². The van der Waals surface area contributed by atoms with E-state index in [-0.39, 0.29) is 12.5 Å². The lowest BCUT2D eigenvalue weighted by atomic mass is 10.2. The smallest absolute Gasteiger partial charge is 0.347 e. The summed E-state index contributed by atoms with van der Waals surface area (Å²) in [6.07, 6.45) is -0.780.